The highest BCUT2D eigenvalue weighted by Gasteiger charge is 2.54. The number of carbonyl (C=O) groups is 1. The van der Waals surface area contributed by atoms with Crippen LogP contribution in [0.3, 0.4) is 0 Å². The first kappa shape index (κ1) is 15.7. The number of esters is 1. The summed E-state index contributed by atoms with van der Waals surface area (Å²) in [6.45, 7) is 0.120. The number of rotatable bonds is 1. The van der Waals surface area contributed by atoms with Crippen LogP contribution >= 0.6 is 0 Å². The Bertz CT molecular complexity index is 1120. The Hall–Kier alpha value is -3.51. The number of phenols is 2. The van der Waals surface area contributed by atoms with Gasteiger partial charge in [-0.2, -0.15) is 0 Å². The van der Waals surface area contributed by atoms with Crippen molar-refractivity contribution in [3.63, 3.8) is 0 Å². The summed E-state index contributed by atoms with van der Waals surface area (Å²) in [4.78, 5) is 12.7. The first-order chi connectivity index (χ1) is 13.0. The summed E-state index contributed by atoms with van der Waals surface area (Å²) in [5.74, 6) is 0.238. The normalized spacial score (nSPS) is 19.1. The molecule has 3 aromatic carbocycles. The summed E-state index contributed by atoms with van der Waals surface area (Å²) in [5, 5.41) is 20.0. The van der Waals surface area contributed by atoms with Crippen molar-refractivity contribution in [2.45, 2.75) is 12.1 Å². The van der Waals surface area contributed by atoms with Crippen LogP contribution in [0.1, 0.15) is 32.6 Å². The van der Waals surface area contributed by atoms with Crippen LogP contribution in [0.2, 0.25) is 0 Å². The maximum Gasteiger partial charge on any atom is 0.340 e. The third-order valence-corrected chi connectivity index (χ3v) is 5.08. The van der Waals surface area contributed by atoms with Crippen LogP contribution in [-0.2, 0) is 16.9 Å². The summed E-state index contributed by atoms with van der Waals surface area (Å²) < 4.78 is 11.9. The van der Waals surface area contributed by atoms with E-state index in [4.69, 9.17) is 15.2 Å². The smallest absolute Gasteiger partial charge is 0.340 e. The third kappa shape index (κ3) is 1.96. The molecule has 6 nitrogen and oxygen atoms in total. The van der Waals surface area contributed by atoms with Crippen molar-refractivity contribution in [3.8, 4) is 23.0 Å². The number of carbonyl (C=O) groups excluding carboxylic acids is 1. The van der Waals surface area contributed by atoms with Gasteiger partial charge in [0.05, 0.1) is 11.1 Å². The molecule has 0 radical (unpaired) electrons. The molecule has 1 atom stereocenters. The number of phenolic OH excluding ortho intramolecular Hbond substituents is 2. The van der Waals surface area contributed by atoms with Gasteiger partial charge in [-0.05, 0) is 29.8 Å². The Balaban J connectivity index is 1.94. The van der Waals surface area contributed by atoms with Gasteiger partial charge in [0, 0.05) is 29.8 Å². The molecule has 0 saturated heterocycles. The molecule has 0 aromatic heterocycles. The Morgan fingerprint density at radius 2 is 1.70 bits per heavy atom. The predicted octanol–water partition coefficient (Wildman–Crippen LogP) is 3.12. The molecule has 0 amide bonds. The van der Waals surface area contributed by atoms with E-state index in [1.54, 1.807) is 24.3 Å². The predicted molar refractivity (Wildman–Crippen MR) is 95.9 cm³/mol. The minimum absolute atomic E-state index is 0.00874. The van der Waals surface area contributed by atoms with Crippen LogP contribution in [0.4, 0.5) is 0 Å². The maximum atomic E-state index is 12.7. The Kier molecular flexibility index (Phi) is 3.06. The molecule has 5 rings (SSSR count). The number of benzene rings is 3. The van der Waals surface area contributed by atoms with E-state index in [2.05, 4.69) is 0 Å². The average molecular weight is 361 g/mol. The highest BCUT2D eigenvalue weighted by atomic mass is 16.6. The number of hydrogen-bond acceptors (Lipinski definition) is 6. The van der Waals surface area contributed by atoms with Gasteiger partial charge in [-0.3, -0.25) is 0 Å². The van der Waals surface area contributed by atoms with Crippen LogP contribution in [0.15, 0.2) is 54.6 Å². The summed E-state index contributed by atoms with van der Waals surface area (Å²) in [5.41, 5.74) is 7.60. The average Bonchev–Trinajstić information content (AvgIpc) is 2.94. The lowest BCUT2D eigenvalue weighted by Gasteiger charge is -2.37. The molecule has 2 heterocycles. The number of nitrogens with two attached hydrogens (primary N) is 1. The van der Waals surface area contributed by atoms with E-state index in [9.17, 15) is 15.0 Å². The largest absolute Gasteiger partial charge is 0.508 e. The fourth-order valence-corrected chi connectivity index (χ4v) is 4.04. The van der Waals surface area contributed by atoms with Gasteiger partial charge in [-0.1, -0.05) is 18.2 Å². The van der Waals surface area contributed by atoms with E-state index < -0.39 is 11.6 Å². The lowest BCUT2D eigenvalue weighted by atomic mass is 9.75. The molecule has 2 aliphatic rings. The highest BCUT2D eigenvalue weighted by molar-refractivity contribution is 5.97. The molecule has 0 saturated carbocycles. The van der Waals surface area contributed by atoms with Crippen LogP contribution in [0, 0.1) is 0 Å². The molecule has 6 heteroatoms. The summed E-state index contributed by atoms with van der Waals surface area (Å²) in [7, 11) is 0. The van der Waals surface area contributed by atoms with E-state index in [1.807, 2.05) is 12.1 Å². The number of hydrogen-bond donors (Lipinski definition) is 3. The van der Waals surface area contributed by atoms with E-state index in [0.29, 0.717) is 39.3 Å². The number of fused-ring (bicyclic) bond motifs is 6. The molecule has 134 valence electrons. The lowest BCUT2D eigenvalue weighted by Crippen LogP contribution is -2.34. The molecular formula is C21H15NO5. The van der Waals surface area contributed by atoms with Crippen LogP contribution < -0.4 is 10.5 Å². The topological polar surface area (TPSA) is 102 Å². The van der Waals surface area contributed by atoms with Crippen molar-refractivity contribution in [3.05, 3.63) is 82.4 Å². The van der Waals surface area contributed by atoms with E-state index in [1.165, 1.54) is 18.2 Å². The zero-order valence-corrected chi connectivity index (χ0v) is 14.1. The van der Waals surface area contributed by atoms with E-state index in [-0.39, 0.29) is 18.0 Å². The van der Waals surface area contributed by atoms with Crippen LogP contribution in [0.25, 0.3) is 0 Å². The molecule has 1 spiro atoms. The van der Waals surface area contributed by atoms with Gasteiger partial charge in [-0.15, -0.1) is 0 Å². The minimum atomic E-state index is -1.26. The van der Waals surface area contributed by atoms with Crippen LogP contribution in [0.5, 0.6) is 23.0 Å². The molecule has 27 heavy (non-hydrogen) atoms. The first-order valence-corrected chi connectivity index (χ1v) is 8.45. The second-order valence-corrected chi connectivity index (χ2v) is 6.58. The van der Waals surface area contributed by atoms with Gasteiger partial charge in [-0.25, -0.2) is 4.79 Å². The molecular weight excluding hydrogens is 346 g/mol. The highest BCUT2D eigenvalue weighted by Crippen LogP contribution is 2.57. The molecule has 1 unspecified atom stereocenters. The SMILES string of the molecule is NCc1cc(O)cc2c1C1(OC(=O)c3ccccc31)c1ccc(O)cc1O2. The van der Waals surface area contributed by atoms with Crippen LogP contribution in [-0.4, -0.2) is 16.2 Å². The molecule has 3 aromatic rings. The van der Waals surface area contributed by atoms with Crippen molar-refractivity contribution < 1.29 is 24.5 Å². The van der Waals surface area contributed by atoms with Gasteiger partial charge >= 0.3 is 5.97 Å². The second-order valence-electron chi connectivity index (χ2n) is 6.58. The summed E-state index contributed by atoms with van der Waals surface area (Å²) in [6, 6.07) is 14.8. The molecule has 4 N–H and O–H groups in total. The summed E-state index contributed by atoms with van der Waals surface area (Å²) >= 11 is 0. The summed E-state index contributed by atoms with van der Waals surface area (Å²) in [6.07, 6.45) is 0. The van der Waals surface area contributed by atoms with Gasteiger partial charge in [0.15, 0.2) is 5.60 Å². The fourth-order valence-electron chi connectivity index (χ4n) is 4.04. The Labute approximate surface area is 154 Å². The maximum absolute atomic E-state index is 12.7. The standard InChI is InChI=1S/C21H15NO5/c22-10-11-7-13(24)9-18-19(11)21(16-6-5-12(23)8-17(16)26-18)15-4-2-1-3-14(15)20(25)27-21/h1-9,23-24H,10,22H2. The van der Waals surface area contributed by atoms with Gasteiger partial charge < -0.3 is 25.4 Å². The van der Waals surface area contributed by atoms with Gasteiger partial charge in [0.25, 0.3) is 0 Å². The van der Waals surface area contributed by atoms with Crippen molar-refractivity contribution >= 4 is 5.97 Å². The minimum Gasteiger partial charge on any atom is -0.508 e. The molecule has 0 aliphatic carbocycles. The van der Waals surface area contributed by atoms with E-state index in [0.717, 1.165) is 0 Å². The van der Waals surface area contributed by atoms with Crippen molar-refractivity contribution in [1.29, 1.82) is 0 Å². The van der Waals surface area contributed by atoms with Crippen molar-refractivity contribution in [1.82, 2.24) is 0 Å². The van der Waals surface area contributed by atoms with Gasteiger partial charge in [0.2, 0.25) is 0 Å². The molecule has 0 bridgehead atoms. The quantitative estimate of drug-likeness (QED) is 0.576. The lowest BCUT2D eigenvalue weighted by molar-refractivity contribution is 0.0221. The van der Waals surface area contributed by atoms with E-state index >= 15 is 0 Å². The molecule has 2 aliphatic heterocycles. The van der Waals surface area contributed by atoms with Gasteiger partial charge in [0.1, 0.15) is 23.0 Å². The monoisotopic (exact) mass is 361 g/mol. The zero-order valence-electron chi connectivity index (χ0n) is 14.1. The first-order valence-electron chi connectivity index (χ1n) is 8.45. The Morgan fingerprint density at radius 1 is 0.926 bits per heavy atom. The third-order valence-electron chi connectivity index (χ3n) is 5.08. The second kappa shape index (κ2) is 5.25. The van der Waals surface area contributed by atoms with Crippen molar-refractivity contribution in [2.75, 3.05) is 0 Å². The van der Waals surface area contributed by atoms with Crippen molar-refractivity contribution in [2.24, 2.45) is 5.73 Å². The Morgan fingerprint density at radius 3 is 2.52 bits per heavy atom. The number of ether oxygens (including phenoxy) is 2. The fraction of sp³-hybridized carbons (Fsp3) is 0.0952. The zero-order chi connectivity index (χ0) is 18.8. The molecule has 0 fully saturated rings. The number of aromatic hydroxyl groups is 2.